The molecule has 3 N–H and O–H groups in total. The van der Waals surface area contributed by atoms with Crippen molar-refractivity contribution >= 4 is 23.5 Å². The summed E-state index contributed by atoms with van der Waals surface area (Å²) in [7, 11) is 0. The first kappa shape index (κ1) is 27.6. The minimum atomic E-state index is -0.997. The summed E-state index contributed by atoms with van der Waals surface area (Å²) in [6, 6.07) is -1.45. The van der Waals surface area contributed by atoms with Crippen molar-refractivity contribution in [3.63, 3.8) is 0 Å². The number of carbonyl (C=O) groups excluding carboxylic acids is 4. The number of primary amides is 1. The van der Waals surface area contributed by atoms with Crippen LogP contribution in [0, 0.1) is 40.9 Å². The molecule has 5 rings (SSSR count). The summed E-state index contributed by atoms with van der Waals surface area (Å²) in [6.45, 7) is 5.00. The van der Waals surface area contributed by atoms with Crippen LogP contribution in [0.15, 0.2) is 0 Å². The predicted molar refractivity (Wildman–Crippen MR) is 146 cm³/mol. The van der Waals surface area contributed by atoms with Gasteiger partial charge in [-0.25, -0.2) is 0 Å². The predicted octanol–water partition coefficient (Wildman–Crippen LogP) is 4.37. The number of Topliss-reactive ketones (excluding diaryl/α,β-unsaturated/α-hetero) is 1. The number of piperidine rings is 1. The molecule has 1 aliphatic heterocycles. The molecule has 0 radical (unpaired) electrons. The lowest BCUT2D eigenvalue weighted by molar-refractivity contribution is -0.147. The lowest BCUT2D eigenvalue weighted by atomic mass is 9.73. The second kappa shape index (κ2) is 11.3. The highest BCUT2D eigenvalue weighted by atomic mass is 16.2. The molecule has 5 atom stereocenters. The van der Waals surface area contributed by atoms with Gasteiger partial charge in [0.1, 0.15) is 6.04 Å². The number of likely N-dealkylation sites (tertiary alicyclic amines) is 1. The number of hydrogen-bond acceptors (Lipinski definition) is 4. The van der Waals surface area contributed by atoms with E-state index in [1.165, 1.54) is 51.4 Å². The Balaban J connectivity index is 1.35. The van der Waals surface area contributed by atoms with Crippen LogP contribution >= 0.6 is 0 Å². The maximum absolute atomic E-state index is 14.4. The summed E-state index contributed by atoms with van der Waals surface area (Å²) in [5.41, 5.74) is 5.36. The van der Waals surface area contributed by atoms with Gasteiger partial charge in [0.05, 0.1) is 6.04 Å². The van der Waals surface area contributed by atoms with E-state index in [1.807, 2.05) is 4.90 Å². The van der Waals surface area contributed by atoms with Crippen LogP contribution in [-0.2, 0) is 19.2 Å². The normalized spacial score (nSPS) is 31.1. The van der Waals surface area contributed by atoms with Gasteiger partial charge >= 0.3 is 0 Å². The van der Waals surface area contributed by atoms with E-state index < -0.39 is 23.8 Å². The molecule has 0 bridgehead atoms. The summed E-state index contributed by atoms with van der Waals surface area (Å²) >= 11 is 0. The molecule has 3 unspecified atom stereocenters. The molecule has 5 aliphatic rings. The van der Waals surface area contributed by atoms with Crippen LogP contribution in [0.4, 0.5) is 0 Å². The van der Waals surface area contributed by atoms with Crippen LogP contribution in [-0.4, -0.2) is 47.0 Å². The largest absolute Gasteiger partial charge is 0.363 e. The van der Waals surface area contributed by atoms with Crippen molar-refractivity contribution in [2.24, 2.45) is 46.7 Å². The molecular weight excluding hydrogens is 478 g/mol. The zero-order chi connectivity index (χ0) is 27.0. The Bertz CT molecular complexity index is 916. The Morgan fingerprint density at radius 2 is 1.42 bits per heavy atom. The molecule has 0 aromatic rings. The second-order valence-corrected chi connectivity index (χ2v) is 14.0. The zero-order valence-electron chi connectivity index (χ0n) is 23.6. The van der Waals surface area contributed by atoms with Gasteiger partial charge in [-0.2, -0.15) is 0 Å². The molecule has 1 saturated heterocycles. The number of fused-ring (bicyclic) bond motifs is 1. The molecule has 0 aromatic carbocycles. The number of hydrogen-bond donors (Lipinski definition) is 2. The molecule has 1 heterocycles. The summed E-state index contributed by atoms with van der Waals surface area (Å²) in [6.07, 6.45) is 16.7. The smallest absolute Gasteiger partial charge is 0.287 e. The van der Waals surface area contributed by atoms with Crippen molar-refractivity contribution in [1.82, 2.24) is 10.2 Å². The summed E-state index contributed by atoms with van der Waals surface area (Å²) in [5, 5.41) is 2.94. The van der Waals surface area contributed by atoms with Gasteiger partial charge in [-0.1, -0.05) is 84.5 Å². The number of ketones is 1. The molecule has 5 fully saturated rings. The van der Waals surface area contributed by atoms with Crippen molar-refractivity contribution in [2.75, 3.05) is 6.54 Å². The Kier molecular flexibility index (Phi) is 8.21. The average Bonchev–Trinajstić information content (AvgIpc) is 3.21. The van der Waals surface area contributed by atoms with E-state index in [2.05, 4.69) is 19.2 Å². The molecule has 3 amide bonds. The van der Waals surface area contributed by atoms with Crippen molar-refractivity contribution < 1.29 is 19.2 Å². The van der Waals surface area contributed by atoms with E-state index in [0.29, 0.717) is 36.6 Å². The standard InChI is InChI=1S/C31H49N3O4/c1-31(2)23-18-34(30(38)22(21-14-7-4-8-15-21)16-19-10-5-3-6-11-19)26(25(23)31)29(37)33-24(27(35)28(32)36)17-20-12-9-13-20/h19-26H,3-18H2,1-2H3,(H2,32,36)(H,33,37)/t22-,23?,24?,25+,26?/m0/s1. The fraction of sp³-hybridized carbons (Fsp3) is 0.871. The highest BCUT2D eigenvalue weighted by Crippen LogP contribution is 2.65. The molecule has 0 aromatic heterocycles. The third kappa shape index (κ3) is 5.54. The lowest BCUT2D eigenvalue weighted by Crippen LogP contribution is -2.56. The number of carbonyl (C=O) groups is 4. The van der Waals surface area contributed by atoms with Crippen molar-refractivity contribution in [2.45, 2.75) is 122 Å². The Morgan fingerprint density at radius 3 is 2.00 bits per heavy atom. The Hall–Kier alpha value is -1.92. The van der Waals surface area contributed by atoms with E-state index in [-0.39, 0.29) is 29.1 Å². The summed E-state index contributed by atoms with van der Waals surface area (Å²) in [5.74, 6) is -0.0583. The van der Waals surface area contributed by atoms with Crippen LogP contribution < -0.4 is 11.1 Å². The Labute approximate surface area is 228 Å². The number of nitrogens with two attached hydrogens (primary N) is 1. The zero-order valence-corrected chi connectivity index (χ0v) is 23.6. The van der Waals surface area contributed by atoms with Crippen molar-refractivity contribution in [3.8, 4) is 0 Å². The summed E-state index contributed by atoms with van der Waals surface area (Å²) < 4.78 is 0. The van der Waals surface area contributed by atoms with E-state index >= 15 is 0 Å². The first-order valence-electron chi connectivity index (χ1n) is 15.6. The average molecular weight is 528 g/mol. The highest BCUT2D eigenvalue weighted by Gasteiger charge is 2.69. The van der Waals surface area contributed by atoms with Gasteiger partial charge in [0.15, 0.2) is 0 Å². The van der Waals surface area contributed by atoms with Gasteiger partial charge in [0.2, 0.25) is 17.6 Å². The monoisotopic (exact) mass is 527 g/mol. The SMILES string of the molecule is CC1(C)C2CN(C(=O)[C@@H](CC3CCCCC3)C3CCCCC3)C(C(=O)NC(CC3CCC3)C(=O)C(N)=O)[C@@H]21. The van der Waals surface area contributed by atoms with E-state index in [4.69, 9.17) is 5.73 Å². The molecule has 7 nitrogen and oxygen atoms in total. The minimum absolute atomic E-state index is 0.000341. The van der Waals surface area contributed by atoms with Gasteiger partial charge in [0.25, 0.3) is 5.91 Å². The molecule has 38 heavy (non-hydrogen) atoms. The summed E-state index contributed by atoms with van der Waals surface area (Å²) in [4.78, 5) is 54.6. The third-order valence-electron chi connectivity index (χ3n) is 11.3. The highest BCUT2D eigenvalue weighted by molar-refractivity contribution is 6.37. The van der Waals surface area contributed by atoms with Gasteiger partial charge in [0, 0.05) is 12.5 Å². The first-order valence-corrected chi connectivity index (χ1v) is 15.6. The molecule has 4 aliphatic carbocycles. The molecular formula is C31H49N3O4. The Morgan fingerprint density at radius 1 is 0.842 bits per heavy atom. The maximum Gasteiger partial charge on any atom is 0.287 e. The van der Waals surface area contributed by atoms with Gasteiger partial charge in [-0.3, -0.25) is 19.2 Å². The fourth-order valence-electron chi connectivity index (χ4n) is 8.56. The molecule has 0 spiro atoms. The van der Waals surface area contributed by atoms with E-state index in [1.54, 1.807) is 0 Å². The number of amides is 3. The lowest BCUT2D eigenvalue weighted by Gasteiger charge is -2.39. The molecule has 212 valence electrons. The molecule has 7 heteroatoms. The maximum atomic E-state index is 14.4. The first-order chi connectivity index (χ1) is 18.2. The van der Waals surface area contributed by atoms with Crippen LogP contribution in [0.2, 0.25) is 0 Å². The van der Waals surface area contributed by atoms with E-state index in [0.717, 1.165) is 38.5 Å². The topological polar surface area (TPSA) is 110 Å². The van der Waals surface area contributed by atoms with Gasteiger partial charge < -0.3 is 16.0 Å². The van der Waals surface area contributed by atoms with Crippen LogP contribution in [0.3, 0.4) is 0 Å². The van der Waals surface area contributed by atoms with Crippen molar-refractivity contribution in [3.05, 3.63) is 0 Å². The minimum Gasteiger partial charge on any atom is -0.363 e. The van der Waals surface area contributed by atoms with Gasteiger partial charge in [-0.05, 0) is 60.7 Å². The van der Waals surface area contributed by atoms with E-state index in [9.17, 15) is 19.2 Å². The van der Waals surface area contributed by atoms with Gasteiger partial charge in [-0.15, -0.1) is 0 Å². The third-order valence-corrected chi connectivity index (χ3v) is 11.3. The fourth-order valence-corrected chi connectivity index (χ4v) is 8.56. The quantitative estimate of drug-likeness (QED) is 0.411. The van der Waals surface area contributed by atoms with Crippen LogP contribution in [0.25, 0.3) is 0 Å². The number of nitrogens with zero attached hydrogens (tertiary/aromatic N) is 1. The van der Waals surface area contributed by atoms with Crippen LogP contribution in [0.1, 0.15) is 110 Å². The number of nitrogens with one attached hydrogen (secondary N) is 1. The molecule has 4 saturated carbocycles. The second-order valence-electron chi connectivity index (χ2n) is 14.0. The van der Waals surface area contributed by atoms with Crippen LogP contribution in [0.5, 0.6) is 0 Å². The number of rotatable bonds is 10. The van der Waals surface area contributed by atoms with Crippen molar-refractivity contribution in [1.29, 1.82) is 0 Å².